The van der Waals surface area contributed by atoms with Gasteiger partial charge in [-0.25, -0.2) is 14.4 Å². The van der Waals surface area contributed by atoms with E-state index >= 15 is 0 Å². The minimum Gasteiger partial charge on any atom is -0.461 e. The number of ether oxygens (including phenoxy) is 3. The lowest BCUT2D eigenvalue weighted by Gasteiger charge is -2.32. The molecule has 0 aliphatic heterocycles. The third kappa shape index (κ3) is 7.04. The number of hydrogen-bond donors (Lipinski definition) is 0. The maximum Gasteiger partial charge on any atom is 0.338 e. The second kappa shape index (κ2) is 12.3. The molecule has 6 heteroatoms. The first-order valence-corrected chi connectivity index (χ1v) is 11.2. The molecular formula is C28H28O6. The monoisotopic (exact) mass is 460 g/mol. The molecule has 3 aromatic rings. The summed E-state index contributed by atoms with van der Waals surface area (Å²) in [6.07, 6.45) is 1.22. The van der Waals surface area contributed by atoms with E-state index in [2.05, 4.69) is 0 Å². The summed E-state index contributed by atoms with van der Waals surface area (Å²) < 4.78 is 16.8. The molecule has 0 bridgehead atoms. The van der Waals surface area contributed by atoms with E-state index in [0.717, 1.165) is 0 Å². The molecule has 0 heterocycles. The summed E-state index contributed by atoms with van der Waals surface area (Å²) in [6, 6.07) is 25.9. The van der Waals surface area contributed by atoms with Crippen LogP contribution >= 0.6 is 0 Å². The molecule has 34 heavy (non-hydrogen) atoms. The van der Waals surface area contributed by atoms with Gasteiger partial charge >= 0.3 is 17.9 Å². The van der Waals surface area contributed by atoms with Gasteiger partial charge in [0.25, 0.3) is 0 Å². The molecule has 0 unspecified atom stereocenters. The highest BCUT2D eigenvalue weighted by molar-refractivity contribution is 5.90. The van der Waals surface area contributed by atoms with Crippen LogP contribution in [0.25, 0.3) is 0 Å². The summed E-state index contributed by atoms with van der Waals surface area (Å²) in [5, 5.41) is 0. The molecule has 6 nitrogen and oxygen atoms in total. The fraction of sp³-hybridized carbons (Fsp3) is 0.250. The van der Waals surface area contributed by atoms with E-state index in [0.29, 0.717) is 29.5 Å². The zero-order chi connectivity index (χ0) is 24.2. The standard InChI is InChI=1S/C28H28O6/c1-2-18-28(19-32-25(29)22-12-6-3-7-13-22,20-33-26(30)23-14-8-4-9-15-23)21-34-27(31)24-16-10-5-11-17-24/h3-17H,2,18-21H2,1H3. The van der Waals surface area contributed by atoms with E-state index in [1.807, 2.05) is 25.1 Å². The molecular weight excluding hydrogens is 432 g/mol. The largest absolute Gasteiger partial charge is 0.461 e. The normalized spacial score (nSPS) is 10.9. The van der Waals surface area contributed by atoms with Crippen molar-refractivity contribution in [2.24, 2.45) is 5.41 Å². The predicted octanol–water partition coefficient (Wildman–Crippen LogP) is 5.34. The topological polar surface area (TPSA) is 78.9 Å². The smallest absolute Gasteiger partial charge is 0.338 e. The number of benzene rings is 3. The van der Waals surface area contributed by atoms with Gasteiger partial charge in [0.2, 0.25) is 0 Å². The van der Waals surface area contributed by atoms with Crippen LogP contribution in [0.1, 0.15) is 50.8 Å². The van der Waals surface area contributed by atoms with Crippen molar-refractivity contribution in [1.29, 1.82) is 0 Å². The van der Waals surface area contributed by atoms with Crippen LogP contribution in [-0.4, -0.2) is 37.7 Å². The lowest BCUT2D eigenvalue weighted by Crippen LogP contribution is -2.39. The first-order valence-electron chi connectivity index (χ1n) is 11.2. The van der Waals surface area contributed by atoms with E-state index in [4.69, 9.17) is 14.2 Å². The van der Waals surface area contributed by atoms with Gasteiger partial charge in [-0.3, -0.25) is 0 Å². The van der Waals surface area contributed by atoms with Crippen molar-refractivity contribution < 1.29 is 28.6 Å². The third-order valence-corrected chi connectivity index (χ3v) is 5.34. The average molecular weight is 461 g/mol. The zero-order valence-corrected chi connectivity index (χ0v) is 19.1. The molecule has 0 N–H and O–H groups in total. The highest BCUT2D eigenvalue weighted by Gasteiger charge is 2.35. The van der Waals surface area contributed by atoms with Crippen LogP contribution in [0.2, 0.25) is 0 Å². The number of carbonyl (C=O) groups is 3. The minimum atomic E-state index is -0.895. The molecule has 0 saturated heterocycles. The third-order valence-electron chi connectivity index (χ3n) is 5.34. The number of rotatable bonds is 11. The molecule has 0 aliphatic rings. The summed E-state index contributed by atoms with van der Waals surface area (Å²) in [5.74, 6) is -1.49. The first-order chi connectivity index (χ1) is 16.5. The molecule has 3 rings (SSSR count). The van der Waals surface area contributed by atoms with Gasteiger partial charge in [0.1, 0.15) is 19.8 Å². The van der Waals surface area contributed by atoms with Gasteiger partial charge in [-0.05, 0) is 42.8 Å². The summed E-state index contributed by atoms with van der Waals surface area (Å²) in [4.78, 5) is 37.7. The van der Waals surface area contributed by atoms with E-state index < -0.39 is 23.3 Å². The van der Waals surface area contributed by atoms with Gasteiger partial charge in [-0.2, -0.15) is 0 Å². The van der Waals surface area contributed by atoms with Gasteiger partial charge in [-0.1, -0.05) is 67.9 Å². The van der Waals surface area contributed by atoms with Crippen LogP contribution in [-0.2, 0) is 14.2 Å². The Morgan fingerprint density at radius 1 is 0.559 bits per heavy atom. The predicted molar refractivity (Wildman–Crippen MR) is 128 cm³/mol. The van der Waals surface area contributed by atoms with Crippen molar-refractivity contribution >= 4 is 17.9 Å². The van der Waals surface area contributed by atoms with Gasteiger partial charge in [0.05, 0.1) is 22.1 Å². The highest BCUT2D eigenvalue weighted by atomic mass is 16.6. The second-order valence-corrected chi connectivity index (χ2v) is 8.08. The van der Waals surface area contributed by atoms with Crippen molar-refractivity contribution in [3.05, 3.63) is 108 Å². The molecule has 0 aromatic heterocycles. The highest BCUT2D eigenvalue weighted by Crippen LogP contribution is 2.28. The molecule has 176 valence electrons. The molecule has 0 atom stereocenters. The van der Waals surface area contributed by atoms with Crippen LogP contribution < -0.4 is 0 Å². The molecule has 0 radical (unpaired) electrons. The lowest BCUT2D eigenvalue weighted by atomic mass is 9.85. The second-order valence-electron chi connectivity index (χ2n) is 8.08. The Balaban J connectivity index is 1.75. The molecule has 0 saturated carbocycles. The summed E-state index contributed by atoms with van der Waals surface area (Å²) in [5.41, 5.74) is 0.343. The van der Waals surface area contributed by atoms with E-state index in [1.54, 1.807) is 72.8 Å². The Kier molecular flexibility index (Phi) is 8.97. The van der Waals surface area contributed by atoms with Crippen LogP contribution in [0.5, 0.6) is 0 Å². The Morgan fingerprint density at radius 3 is 1.12 bits per heavy atom. The van der Waals surface area contributed by atoms with E-state index in [-0.39, 0.29) is 19.8 Å². The Labute approximate surface area is 199 Å². The van der Waals surface area contributed by atoms with Gasteiger partial charge in [0.15, 0.2) is 0 Å². The van der Waals surface area contributed by atoms with Crippen molar-refractivity contribution in [2.45, 2.75) is 19.8 Å². The quantitative estimate of drug-likeness (QED) is 0.284. The lowest BCUT2D eigenvalue weighted by molar-refractivity contribution is -0.0404. The van der Waals surface area contributed by atoms with Crippen molar-refractivity contribution in [3.63, 3.8) is 0 Å². The van der Waals surface area contributed by atoms with Crippen LogP contribution in [0, 0.1) is 5.41 Å². The van der Waals surface area contributed by atoms with Crippen molar-refractivity contribution in [3.8, 4) is 0 Å². The molecule has 3 aromatic carbocycles. The molecule has 0 spiro atoms. The van der Waals surface area contributed by atoms with Crippen LogP contribution in [0.15, 0.2) is 91.0 Å². The SMILES string of the molecule is CCCC(COC(=O)c1ccccc1)(COC(=O)c1ccccc1)COC(=O)c1ccccc1. The maximum atomic E-state index is 12.6. The summed E-state index contributed by atoms with van der Waals surface area (Å²) in [7, 11) is 0. The van der Waals surface area contributed by atoms with Gasteiger partial charge < -0.3 is 14.2 Å². The molecule has 0 fully saturated rings. The molecule has 0 aliphatic carbocycles. The summed E-state index contributed by atoms with van der Waals surface area (Å²) in [6.45, 7) is 1.75. The first kappa shape index (κ1) is 24.7. The Morgan fingerprint density at radius 2 is 0.853 bits per heavy atom. The number of esters is 3. The fourth-order valence-electron chi connectivity index (χ4n) is 3.50. The number of hydrogen-bond acceptors (Lipinski definition) is 6. The number of carbonyl (C=O) groups excluding carboxylic acids is 3. The Bertz CT molecular complexity index is 929. The Hall–Kier alpha value is -3.93. The van der Waals surface area contributed by atoms with Crippen LogP contribution in [0.3, 0.4) is 0 Å². The van der Waals surface area contributed by atoms with E-state index in [9.17, 15) is 14.4 Å². The van der Waals surface area contributed by atoms with Gasteiger partial charge in [0, 0.05) is 0 Å². The van der Waals surface area contributed by atoms with Crippen molar-refractivity contribution in [1.82, 2.24) is 0 Å². The average Bonchev–Trinajstić information content (AvgIpc) is 2.90. The maximum absolute atomic E-state index is 12.6. The van der Waals surface area contributed by atoms with Crippen LogP contribution in [0.4, 0.5) is 0 Å². The molecule has 0 amide bonds. The van der Waals surface area contributed by atoms with Crippen molar-refractivity contribution in [2.75, 3.05) is 19.8 Å². The van der Waals surface area contributed by atoms with Gasteiger partial charge in [-0.15, -0.1) is 0 Å². The zero-order valence-electron chi connectivity index (χ0n) is 19.1. The summed E-state index contributed by atoms with van der Waals surface area (Å²) >= 11 is 0. The fourth-order valence-corrected chi connectivity index (χ4v) is 3.50. The minimum absolute atomic E-state index is 0.0707. The van der Waals surface area contributed by atoms with E-state index in [1.165, 1.54) is 0 Å².